The van der Waals surface area contributed by atoms with Gasteiger partial charge >= 0.3 is 0 Å². The Balaban J connectivity index is 2.18. The van der Waals surface area contributed by atoms with E-state index in [9.17, 15) is 0 Å². The van der Waals surface area contributed by atoms with Crippen LogP contribution >= 0.6 is 15.9 Å². The molecule has 21 heavy (non-hydrogen) atoms. The van der Waals surface area contributed by atoms with E-state index in [4.69, 9.17) is 5.73 Å². The second-order valence-electron chi connectivity index (χ2n) is 8.69. The molecule has 2 rings (SSSR count). The lowest BCUT2D eigenvalue weighted by Crippen LogP contribution is -2.53. The van der Waals surface area contributed by atoms with E-state index in [0.717, 1.165) is 6.54 Å². The summed E-state index contributed by atoms with van der Waals surface area (Å²) in [5, 5.41) is 0. The van der Waals surface area contributed by atoms with Crippen LogP contribution in [-0.2, 0) is 0 Å². The van der Waals surface area contributed by atoms with E-state index in [1.807, 2.05) is 12.3 Å². The number of alkyl halides is 1. The summed E-state index contributed by atoms with van der Waals surface area (Å²) in [5.74, 6) is 0. The normalized spacial score (nSPS) is 47.3. The molecule has 0 aromatic carbocycles. The zero-order valence-electron chi connectivity index (χ0n) is 14.1. The van der Waals surface area contributed by atoms with Gasteiger partial charge in [-0.25, -0.2) is 0 Å². The molecule has 0 aromatic rings. The molecule has 0 amide bonds. The van der Waals surface area contributed by atoms with Crippen molar-refractivity contribution in [1.29, 1.82) is 0 Å². The number of allylic oxidation sites excluding steroid dienone is 1. The molecule has 120 valence electrons. The van der Waals surface area contributed by atoms with Crippen LogP contribution in [0.15, 0.2) is 17.3 Å². The number of nitrogens with two attached hydrogens (primary N) is 1. The van der Waals surface area contributed by atoms with E-state index >= 15 is 0 Å². The number of rotatable bonds is 4. The topological polar surface area (TPSA) is 38.4 Å². The van der Waals surface area contributed by atoms with Crippen molar-refractivity contribution in [2.75, 3.05) is 6.54 Å². The van der Waals surface area contributed by atoms with Gasteiger partial charge in [0, 0.05) is 17.1 Å². The first kappa shape index (κ1) is 17.1. The van der Waals surface area contributed by atoms with Crippen molar-refractivity contribution < 1.29 is 0 Å². The van der Waals surface area contributed by atoms with E-state index in [1.54, 1.807) is 6.20 Å². The molecular weight excluding hydrogens is 324 g/mol. The van der Waals surface area contributed by atoms with Crippen molar-refractivity contribution in [3.05, 3.63) is 12.3 Å². The Morgan fingerprint density at radius 3 is 2.24 bits per heavy atom. The molecule has 0 spiro atoms. The minimum absolute atomic E-state index is 0.296. The number of halogens is 1. The molecule has 0 radical (unpaired) electrons. The van der Waals surface area contributed by atoms with Crippen LogP contribution in [0.1, 0.15) is 66.2 Å². The van der Waals surface area contributed by atoms with Crippen LogP contribution in [0.2, 0.25) is 0 Å². The van der Waals surface area contributed by atoms with Crippen molar-refractivity contribution in [3.8, 4) is 0 Å². The molecule has 4 unspecified atom stereocenters. The molecule has 0 aromatic heterocycles. The molecule has 2 saturated carbocycles. The van der Waals surface area contributed by atoms with Crippen LogP contribution in [0.4, 0.5) is 0 Å². The molecular formula is C18H31BrN2. The maximum Gasteiger partial charge on any atom is 0.0443 e. The summed E-state index contributed by atoms with van der Waals surface area (Å²) in [6.45, 7) is 10.6. The molecule has 4 atom stereocenters. The fourth-order valence-electron chi connectivity index (χ4n) is 5.60. The molecule has 3 heteroatoms. The van der Waals surface area contributed by atoms with E-state index in [2.05, 4.69) is 48.6 Å². The number of fused-ring (bicyclic) bond motifs is 2. The molecule has 2 bridgehead atoms. The van der Waals surface area contributed by atoms with Gasteiger partial charge in [-0.1, -0.05) is 50.0 Å². The highest BCUT2D eigenvalue weighted by Gasteiger charge is 2.56. The van der Waals surface area contributed by atoms with Gasteiger partial charge < -0.3 is 5.73 Å². The van der Waals surface area contributed by atoms with Gasteiger partial charge in [0.1, 0.15) is 0 Å². The number of hydrogen-bond donors (Lipinski definition) is 1. The summed E-state index contributed by atoms with van der Waals surface area (Å²) in [6.07, 6.45) is 13.0. The van der Waals surface area contributed by atoms with Crippen LogP contribution < -0.4 is 5.73 Å². The average Bonchev–Trinajstić information content (AvgIpc) is 2.30. The number of nitrogens with zero attached hydrogens (tertiary/aromatic N) is 1. The van der Waals surface area contributed by atoms with Gasteiger partial charge in [0.05, 0.1) is 0 Å². The summed E-state index contributed by atoms with van der Waals surface area (Å²) in [6, 6.07) is 0. The smallest absolute Gasteiger partial charge is 0.0443 e. The lowest BCUT2D eigenvalue weighted by Gasteiger charge is -2.60. The van der Waals surface area contributed by atoms with Crippen molar-refractivity contribution >= 4 is 22.1 Å². The lowest BCUT2D eigenvalue weighted by molar-refractivity contribution is -0.0341. The van der Waals surface area contributed by atoms with Crippen molar-refractivity contribution in [2.45, 2.75) is 70.5 Å². The Morgan fingerprint density at radius 2 is 1.67 bits per heavy atom. The predicted octanol–water partition coefficient (Wildman–Crippen LogP) is 5.07. The lowest BCUT2D eigenvalue weighted by atomic mass is 9.49. The highest BCUT2D eigenvalue weighted by Crippen LogP contribution is 2.65. The highest BCUT2D eigenvalue weighted by molar-refractivity contribution is 9.10. The first-order valence-corrected chi connectivity index (χ1v) is 9.01. The first-order valence-electron chi connectivity index (χ1n) is 8.21. The van der Waals surface area contributed by atoms with E-state index in [1.165, 1.54) is 38.5 Å². The van der Waals surface area contributed by atoms with Crippen LogP contribution in [0.25, 0.3) is 0 Å². The maximum absolute atomic E-state index is 5.36. The van der Waals surface area contributed by atoms with Crippen molar-refractivity contribution in [1.82, 2.24) is 0 Å². The fraction of sp³-hybridized carbons (Fsp3) is 0.833. The van der Waals surface area contributed by atoms with E-state index < -0.39 is 0 Å². The molecule has 2 fully saturated rings. The molecule has 0 aliphatic heterocycles. The third-order valence-electron chi connectivity index (χ3n) is 5.57. The summed E-state index contributed by atoms with van der Waals surface area (Å²) in [7, 11) is 0. The second kappa shape index (κ2) is 5.72. The molecule has 2 aliphatic rings. The molecule has 2 nitrogen and oxygen atoms in total. The Hall–Kier alpha value is -0.310. The van der Waals surface area contributed by atoms with Gasteiger partial charge in [0.15, 0.2) is 0 Å². The monoisotopic (exact) mass is 354 g/mol. The minimum Gasteiger partial charge on any atom is -0.405 e. The van der Waals surface area contributed by atoms with Gasteiger partial charge in [-0.05, 0) is 60.6 Å². The molecule has 2 aliphatic carbocycles. The van der Waals surface area contributed by atoms with Gasteiger partial charge in [0.25, 0.3) is 0 Å². The van der Waals surface area contributed by atoms with Crippen LogP contribution in [0, 0.1) is 16.2 Å². The number of hydrogen-bond acceptors (Lipinski definition) is 2. The zero-order chi connectivity index (χ0) is 15.8. The number of aliphatic imine (C=N–C) groups is 1. The van der Waals surface area contributed by atoms with Crippen LogP contribution in [0.5, 0.6) is 0 Å². The zero-order valence-corrected chi connectivity index (χ0v) is 15.7. The maximum atomic E-state index is 5.36. The molecule has 2 N–H and O–H groups in total. The summed E-state index contributed by atoms with van der Waals surface area (Å²) in [4.78, 5) is 4.59. The Labute approximate surface area is 138 Å². The van der Waals surface area contributed by atoms with Gasteiger partial charge in [-0.15, -0.1) is 0 Å². The van der Waals surface area contributed by atoms with Crippen LogP contribution in [0.3, 0.4) is 0 Å². The Kier molecular flexibility index (Phi) is 4.64. The average molecular weight is 355 g/mol. The highest BCUT2D eigenvalue weighted by atomic mass is 79.9. The Morgan fingerprint density at radius 1 is 1.05 bits per heavy atom. The standard InChI is InChI=1S/C18H31BrN2/c1-5-15(2)9-16(3)10-17(4,14-21-8-6-7-20)13-18(19,11-15)12-16/h6-8H,5,9-14,20H2,1-4H3/b7-6-,21-8?. The molecule has 0 saturated heterocycles. The quantitative estimate of drug-likeness (QED) is 0.555. The first-order chi connectivity index (χ1) is 9.66. The largest absolute Gasteiger partial charge is 0.405 e. The summed E-state index contributed by atoms with van der Waals surface area (Å²) < 4.78 is 0.303. The minimum atomic E-state index is 0.296. The van der Waals surface area contributed by atoms with Crippen molar-refractivity contribution in [2.24, 2.45) is 27.0 Å². The van der Waals surface area contributed by atoms with Gasteiger partial charge in [-0.2, -0.15) is 0 Å². The van der Waals surface area contributed by atoms with Gasteiger partial charge in [-0.3, -0.25) is 4.99 Å². The van der Waals surface area contributed by atoms with Crippen molar-refractivity contribution in [3.63, 3.8) is 0 Å². The van der Waals surface area contributed by atoms with Gasteiger partial charge in [0.2, 0.25) is 0 Å². The second-order valence-corrected chi connectivity index (χ2v) is 10.4. The van der Waals surface area contributed by atoms with E-state index in [0.29, 0.717) is 20.6 Å². The van der Waals surface area contributed by atoms with Crippen LogP contribution in [-0.4, -0.2) is 17.1 Å². The fourth-order valence-corrected chi connectivity index (χ4v) is 7.63. The molecule has 0 heterocycles. The SMILES string of the molecule is CCC1(C)CC2(C)CC(C)(CN=C/C=C\N)CC(Br)(C1)C2. The summed E-state index contributed by atoms with van der Waals surface area (Å²) >= 11 is 4.15. The Bertz CT molecular complexity index is 422. The van der Waals surface area contributed by atoms with E-state index in [-0.39, 0.29) is 0 Å². The third-order valence-corrected chi connectivity index (χ3v) is 6.41. The third kappa shape index (κ3) is 3.91. The summed E-state index contributed by atoms with van der Waals surface area (Å²) in [5.41, 5.74) is 6.59. The predicted molar refractivity (Wildman–Crippen MR) is 96.0 cm³/mol.